The van der Waals surface area contributed by atoms with E-state index >= 15 is 0 Å². The number of aldehydes is 1. The number of hydrogen-bond donors (Lipinski definition) is 1. The van der Waals surface area contributed by atoms with Crippen LogP contribution in [0.25, 0.3) is 0 Å². The minimum atomic E-state index is -0.987. The van der Waals surface area contributed by atoms with Crippen LogP contribution in [-0.2, 0) is 4.79 Å². The summed E-state index contributed by atoms with van der Waals surface area (Å²) in [5, 5.41) is 9.36. The monoisotopic (exact) mass is 178 g/mol. The van der Waals surface area contributed by atoms with Crippen LogP contribution in [0.2, 0.25) is 0 Å². The number of aryl methyl sites for hydroxylation is 3. The molecule has 1 N–H and O–H groups in total. The number of carbonyl (C=O) groups is 1. The standard InChI is InChI=1S/C11H14O2/c1-7-4-9(3)10(5-8(7)2)11(13)6-12/h4-6,11,13H,1-3H3. The Morgan fingerprint density at radius 1 is 1.15 bits per heavy atom. The lowest BCUT2D eigenvalue weighted by Crippen LogP contribution is -2.02. The van der Waals surface area contributed by atoms with Crippen molar-refractivity contribution in [3.8, 4) is 0 Å². The molecular weight excluding hydrogens is 164 g/mol. The van der Waals surface area contributed by atoms with Gasteiger partial charge in [0.25, 0.3) is 0 Å². The molecule has 1 aromatic carbocycles. The molecule has 0 aliphatic rings. The Balaban J connectivity index is 3.22. The SMILES string of the molecule is Cc1cc(C)c(C(O)C=O)cc1C. The van der Waals surface area contributed by atoms with Gasteiger partial charge < -0.3 is 9.90 Å². The highest BCUT2D eigenvalue weighted by Crippen LogP contribution is 2.20. The van der Waals surface area contributed by atoms with Gasteiger partial charge in [-0.15, -0.1) is 0 Å². The van der Waals surface area contributed by atoms with E-state index in [1.54, 1.807) is 0 Å². The van der Waals surface area contributed by atoms with E-state index in [4.69, 9.17) is 0 Å². The largest absolute Gasteiger partial charge is 0.381 e. The second kappa shape index (κ2) is 3.71. The van der Waals surface area contributed by atoms with Crippen molar-refractivity contribution in [2.45, 2.75) is 26.9 Å². The van der Waals surface area contributed by atoms with Gasteiger partial charge in [0.05, 0.1) is 0 Å². The van der Waals surface area contributed by atoms with Gasteiger partial charge in [0.2, 0.25) is 0 Å². The molecule has 0 amide bonds. The minimum absolute atomic E-state index is 0.553. The van der Waals surface area contributed by atoms with Gasteiger partial charge in [-0.1, -0.05) is 12.1 Å². The zero-order chi connectivity index (χ0) is 10.0. The maximum Gasteiger partial charge on any atom is 0.153 e. The first-order valence-corrected chi connectivity index (χ1v) is 4.27. The van der Waals surface area contributed by atoms with Crippen molar-refractivity contribution in [2.24, 2.45) is 0 Å². The van der Waals surface area contributed by atoms with Crippen LogP contribution in [0.15, 0.2) is 12.1 Å². The summed E-state index contributed by atoms with van der Waals surface area (Å²) in [6.07, 6.45) is -0.434. The molecule has 0 aliphatic carbocycles. The molecule has 2 heteroatoms. The first kappa shape index (κ1) is 9.93. The van der Waals surface area contributed by atoms with Crippen molar-refractivity contribution in [1.82, 2.24) is 0 Å². The van der Waals surface area contributed by atoms with E-state index in [1.807, 2.05) is 32.9 Å². The van der Waals surface area contributed by atoms with Gasteiger partial charge in [0.15, 0.2) is 6.29 Å². The topological polar surface area (TPSA) is 37.3 Å². The average molecular weight is 178 g/mol. The summed E-state index contributed by atoms with van der Waals surface area (Å²) in [6.45, 7) is 5.88. The molecular formula is C11H14O2. The summed E-state index contributed by atoms with van der Waals surface area (Å²) in [7, 11) is 0. The minimum Gasteiger partial charge on any atom is -0.381 e. The highest BCUT2D eigenvalue weighted by molar-refractivity contribution is 5.61. The van der Waals surface area contributed by atoms with Crippen LogP contribution >= 0.6 is 0 Å². The summed E-state index contributed by atoms with van der Waals surface area (Å²) in [5.74, 6) is 0. The number of rotatable bonds is 2. The molecule has 0 radical (unpaired) electrons. The lowest BCUT2D eigenvalue weighted by atomic mass is 9.98. The van der Waals surface area contributed by atoms with E-state index in [0.29, 0.717) is 11.8 Å². The van der Waals surface area contributed by atoms with Gasteiger partial charge in [-0.2, -0.15) is 0 Å². The molecule has 0 saturated heterocycles. The Kier molecular flexibility index (Phi) is 2.83. The van der Waals surface area contributed by atoms with Gasteiger partial charge in [-0.05, 0) is 43.0 Å². The van der Waals surface area contributed by atoms with Gasteiger partial charge in [0, 0.05) is 0 Å². The van der Waals surface area contributed by atoms with Crippen LogP contribution in [0, 0.1) is 20.8 Å². The molecule has 0 bridgehead atoms. The van der Waals surface area contributed by atoms with Gasteiger partial charge in [-0.3, -0.25) is 0 Å². The third-order valence-electron chi connectivity index (χ3n) is 2.33. The predicted molar refractivity (Wildman–Crippen MR) is 51.7 cm³/mol. The Bertz CT molecular complexity index is 329. The van der Waals surface area contributed by atoms with E-state index in [1.165, 1.54) is 5.56 Å². The first-order valence-electron chi connectivity index (χ1n) is 4.27. The van der Waals surface area contributed by atoms with Crippen LogP contribution in [0.4, 0.5) is 0 Å². The highest BCUT2D eigenvalue weighted by atomic mass is 16.3. The zero-order valence-electron chi connectivity index (χ0n) is 8.16. The van der Waals surface area contributed by atoms with Gasteiger partial charge in [0.1, 0.15) is 6.10 Å². The number of carbonyl (C=O) groups excluding carboxylic acids is 1. The van der Waals surface area contributed by atoms with Gasteiger partial charge in [-0.25, -0.2) is 0 Å². The molecule has 1 rings (SSSR count). The van der Waals surface area contributed by atoms with Crippen LogP contribution in [0.3, 0.4) is 0 Å². The summed E-state index contributed by atoms with van der Waals surface area (Å²) in [4.78, 5) is 10.4. The fraction of sp³-hybridized carbons (Fsp3) is 0.364. The van der Waals surface area contributed by atoms with Crippen LogP contribution < -0.4 is 0 Å². The van der Waals surface area contributed by atoms with Crippen molar-refractivity contribution in [1.29, 1.82) is 0 Å². The van der Waals surface area contributed by atoms with Crippen molar-refractivity contribution in [2.75, 3.05) is 0 Å². The van der Waals surface area contributed by atoms with E-state index in [-0.39, 0.29) is 0 Å². The predicted octanol–water partition coefficient (Wildman–Crippen LogP) is 1.84. The summed E-state index contributed by atoms with van der Waals surface area (Å²) < 4.78 is 0. The highest BCUT2D eigenvalue weighted by Gasteiger charge is 2.09. The third kappa shape index (κ3) is 1.95. The molecule has 13 heavy (non-hydrogen) atoms. The van der Waals surface area contributed by atoms with Crippen LogP contribution in [0.1, 0.15) is 28.4 Å². The quantitative estimate of drug-likeness (QED) is 0.702. The molecule has 0 heterocycles. The zero-order valence-corrected chi connectivity index (χ0v) is 8.16. The van der Waals surface area contributed by atoms with E-state index < -0.39 is 6.10 Å². The van der Waals surface area contributed by atoms with Crippen molar-refractivity contribution in [3.05, 3.63) is 34.4 Å². The van der Waals surface area contributed by atoms with Crippen molar-refractivity contribution < 1.29 is 9.90 Å². The number of hydrogen-bond acceptors (Lipinski definition) is 2. The van der Waals surface area contributed by atoms with E-state index in [2.05, 4.69) is 0 Å². The van der Waals surface area contributed by atoms with E-state index in [9.17, 15) is 9.90 Å². The molecule has 0 fully saturated rings. The number of benzene rings is 1. The smallest absolute Gasteiger partial charge is 0.153 e. The molecule has 0 spiro atoms. The second-order valence-electron chi connectivity index (χ2n) is 3.37. The average Bonchev–Trinajstić information content (AvgIpc) is 2.10. The van der Waals surface area contributed by atoms with Crippen molar-refractivity contribution in [3.63, 3.8) is 0 Å². The molecule has 0 saturated carbocycles. The molecule has 2 nitrogen and oxygen atoms in total. The molecule has 0 aromatic heterocycles. The molecule has 0 aliphatic heterocycles. The Morgan fingerprint density at radius 3 is 2.23 bits per heavy atom. The maximum atomic E-state index is 10.4. The first-order chi connectivity index (χ1) is 6.06. The third-order valence-corrected chi connectivity index (χ3v) is 2.33. The lowest BCUT2D eigenvalue weighted by molar-refractivity contribution is -0.115. The molecule has 1 unspecified atom stereocenters. The Labute approximate surface area is 78.2 Å². The van der Waals surface area contributed by atoms with E-state index in [0.717, 1.165) is 11.1 Å². The molecule has 70 valence electrons. The number of aliphatic hydroxyl groups is 1. The number of aliphatic hydroxyl groups excluding tert-OH is 1. The normalized spacial score (nSPS) is 12.6. The van der Waals surface area contributed by atoms with Crippen LogP contribution in [0.5, 0.6) is 0 Å². The summed E-state index contributed by atoms with van der Waals surface area (Å²) >= 11 is 0. The molecule has 1 aromatic rings. The second-order valence-corrected chi connectivity index (χ2v) is 3.37. The Morgan fingerprint density at radius 2 is 1.69 bits per heavy atom. The van der Waals surface area contributed by atoms with Crippen molar-refractivity contribution >= 4 is 6.29 Å². The summed E-state index contributed by atoms with van der Waals surface area (Å²) in [6, 6.07) is 3.85. The lowest BCUT2D eigenvalue weighted by Gasteiger charge is -2.10. The van der Waals surface area contributed by atoms with Crippen LogP contribution in [-0.4, -0.2) is 11.4 Å². The summed E-state index contributed by atoms with van der Waals surface area (Å²) in [5.41, 5.74) is 3.95. The Hall–Kier alpha value is -1.15. The fourth-order valence-electron chi connectivity index (χ4n) is 1.37. The fourth-order valence-corrected chi connectivity index (χ4v) is 1.37. The maximum absolute atomic E-state index is 10.4. The van der Waals surface area contributed by atoms with Gasteiger partial charge >= 0.3 is 0 Å². The molecule has 1 atom stereocenters.